The molecule has 4 heteroatoms. The van der Waals surface area contributed by atoms with Crippen LogP contribution in [0.2, 0.25) is 0 Å². The fourth-order valence-corrected chi connectivity index (χ4v) is 5.39. The van der Waals surface area contributed by atoms with Crippen LogP contribution in [0.3, 0.4) is 0 Å². The Morgan fingerprint density at radius 1 is 1.10 bits per heavy atom. The third-order valence-corrected chi connectivity index (χ3v) is 7.46. The molecule has 0 spiro atoms. The molecular formula is C27H30O3Se. The Bertz CT molecular complexity index is 1050. The van der Waals surface area contributed by atoms with Crippen LogP contribution in [0.1, 0.15) is 64.2 Å². The van der Waals surface area contributed by atoms with Crippen LogP contribution < -0.4 is 9.20 Å². The molecule has 0 bridgehead atoms. The van der Waals surface area contributed by atoms with E-state index in [9.17, 15) is 4.79 Å². The molecule has 1 aliphatic rings. The van der Waals surface area contributed by atoms with Crippen molar-refractivity contribution in [2.45, 2.75) is 64.9 Å². The van der Waals surface area contributed by atoms with E-state index in [0.29, 0.717) is 12.2 Å². The number of hydrogen-bond acceptors (Lipinski definition) is 2. The van der Waals surface area contributed by atoms with Crippen LogP contribution in [0, 0.1) is 10.7 Å². The standard InChI is InChI=1S/C27H30O3Se/c1-19(15-25(28)29)11-14-31-24-17-22-21(26(2,3)12-13-27(22,4)5)16-23(24)30-18-20-9-7-6-8-10-20/h6-10,15-17H,12-13,18H2,1-5H3,(H,28,29)/b19-15+. The Labute approximate surface area is 192 Å². The van der Waals surface area contributed by atoms with Gasteiger partial charge in [0, 0.05) is 0 Å². The molecule has 0 aromatic heterocycles. The molecule has 2 aromatic rings. The van der Waals surface area contributed by atoms with Gasteiger partial charge in [0.1, 0.15) is 0 Å². The summed E-state index contributed by atoms with van der Waals surface area (Å²) in [5.74, 6) is 2.91. The molecule has 1 N–H and O–H groups in total. The Morgan fingerprint density at radius 2 is 1.71 bits per heavy atom. The average molecular weight is 481 g/mol. The van der Waals surface area contributed by atoms with Crippen LogP contribution in [-0.2, 0) is 22.2 Å². The number of benzene rings is 2. The molecule has 0 heterocycles. The van der Waals surface area contributed by atoms with Crippen molar-refractivity contribution in [3.05, 3.63) is 70.8 Å². The second kappa shape index (κ2) is 9.35. The van der Waals surface area contributed by atoms with E-state index in [1.165, 1.54) is 11.1 Å². The summed E-state index contributed by atoms with van der Waals surface area (Å²) in [6, 6.07) is 14.7. The molecule has 3 nitrogen and oxygen atoms in total. The Kier molecular flexibility index (Phi) is 6.99. The molecule has 0 fully saturated rings. The van der Waals surface area contributed by atoms with Crippen molar-refractivity contribution in [3.8, 4) is 16.5 Å². The molecule has 0 saturated heterocycles. The Morgan fingerprint density at radius 3 is 2.32 bits per heavy atom. The molecule has 0 amide bonds. The first-order valence-corrected chi connectivity index (χ1v) is 12.2. The number of allylic oxidation sites excluding steroid dienone is 1. The summed E-state index contributed by atoms with van der Waals surface area (Å²) in [6.45, 7) is 11.5. The van der Waals surface area contributed by atoms with Crippen molar-refractivity contribution in [2.75, 3.05) is 0 Å². The van der Waals surface area contributed by atoms with E-state index < -0.39 is 5.97 Å². The number of carboxylic acid groups (broad SMARTS) is 1. The number of hydrogen-bond donors (Lipinski definition) is 1. The second-order valence-corrected chi connectivity index (χ2v) is 11.2. The zero-order valence-electron chi connectivity index (χ0n) is 18.9. The van der Waals surface area contributed by atoms with E-state index in [1.54, 1.807) is 6.92 Å². The second-order valence-electron chi connectivity index (χ2n) is 9.38. The first kappa shape index (κ1) is 23.2. The number of fused-ring (bicyclic) bond motifs is 1. The predicted molar refractivity (Wildman–Crippen MR) is 127 cm³/mol. The minimum atomic E-state index is -0.969. The molecule has 0 aliphatic heterocycles. The van der Waals surface area contributed by atoms with Crippen LogP contribution in [0.5, 0.6) is 5.75 Å². The number of aliphatic carboxylic acids is 1. The van der Waals surface area contributed by atoms with Gasteiger partial charge in [-0.3, -0.25) is 0 Å². The van der Waals surface area contributed by atoms with Crippen molar-refractivity contribution in [1.29, 1.82) is 0 Å². The molecule has 0 unspecified atom stereocenters. The molecule has 0 atom stereocenters. The van der Waals surface area contributed by atoms with Gasteiger partial charge in [-0.15, -0.1) is 0 Å². The molecule has 3 rings (SSSR count). The zero-order chi connectivity index (χ0) is 22.6. The van der Waals surface area contributed by atoms with E-state index in [1.807, 2.05) is 18.2 Å². The van der Waals surface area contributed by atoms with Gasteiger partial charge in [-0.05, 0) is 0 Å². The Hall–Kier alpha value is -2.47. The van der Waals surface area contributed by atoms with Gasteiger partial charge in [0.25, 0.3) is 0 Å². The summed E-state index contributed by atoms with van der Waals surface area (Å²) >= 11 is -0.147. The van der Waals surface area contributed by atoms with Crippen LogP contribution in [0.15, 0.2) is 54.1 Å². The van der Waals surface area contributed by atoms with Crippen molar-refractivity contribution >= 4 is 25.4 Å². The van der Waals surface area contributed by atoms with Crippen LogP contribution in [-0.4, -0.2) is 26.0 Å². The summed E-state index contributed by atoms with van der Waals surface area (Å²) in [7, 11) is 0. The van der Waals surface area contributed by atoms with Gasteiger partial charge in [-0.1, -0.05) is 0 Å². The summed E-state index contributed by atoms with van der Waals surface area (Å²) in [6.07, 6.45) is 3.44. The summed E-state index contributed by atoms with van der Waals surface area (Å²) < 4.78 is 7.43. The Balaban J connectivity index is 2.00. The minimum absolute atomic E-state index is 0.105. The molecule has 31 heavy (non-hydrogen) atoms. The molecule has 2 aromatic carbocycles. The summed E-state index contributed by atoms with van der Waals surface area (Å²) in [4.78, 5) is 14.1. The van der Waals surface area contributed by atoms with Crippen molar-refractivity contribution in [2.24, 2.45) is 0 Å². The maximum atomic E-state index is 10.9. The van der Waals surface area contributed by atoms with Crippen molar-refractivity contribution < 1.29 is 14.6 Å². The zero-order valence-corrected chi connectivity index (χ0v) is 20.6. The van der Waals surface area contributed by atoms with Gasteiger partial charge in [0.15, 0.2) is 0 Å². The molecule has 0 radical (unpaired) electrons. The number of carbonyl (C=O) groups is 1. The predicted octanol–water partition coefficient (Wildman–Crippen LogP) is 4.94. The van der Waals surface area contributed by atoms with E-state index >= 15 is 0 Å². The van der Waals surface area contributed by atoms with E-state index in [0.717, 1.165) is 34.7 Å². The average Bonchev–Trinajstić information content (AvgIpc) is 2.70. The molecule has 0 saturated carbocycles. The first-order valence-electron chi connectivity index (χ1n) is 10.5. The van der Waals surface area contributed by atoms with E-state index in [4.69, 9.17) is 9.84 Å². The molecule has 162 valence electrons. The normalized spacial score (nSPS) is 16.6. The third-order valence-electron chi connectivity index (χ3n) is 5.90. The van der Waals surface area contributed by atoms with Crippen LogP contribution in [0.4, 0.5) is 0 Å². The van der Waals surface area contributed by atoms with Gasteiger partial charge in [-0.25, -0.2) is 0 Å². The van der Waals surface area contributed by atoms with Crippen LogP contribution in [0.25, 0.3) is 0 Å². The fraction of sp³-hybridized carbons (Fsp3) is 0.370. The number of carboxylic acids is 1. The monoisotopic (exact) mass is 482 g/mol. The molecule has 1 aliphatic carbocycles. The quantitative estimate of drug-likeness (QED) is 0.374. The van der Waals surface area contributed by atoms with Gasteiger partial charge < -0.3 is 0 Å². The third kappa shape index (κ3) is 5.82. The maximum absolute atomic E-state index is 10.9. The summed E-state index contributed by atoms with van der Waals surface area (Å²) in [5, 5.41) is 8.90. The first-order chi connectivity index (χ1) is 14.6. The van der Waals surface area contributed by atoms with Gasteiger partial charge in [-0.2, -0.15) is 0 Å². The van der Waals surface area contributed by atoms with Crippen LogP contribution >= 0.6 is 0 Å². The number of rotatable bonds is 5. The van der Waals surface area contributed by atoms with Crippen molar-refractivity contribution in [3.63, 3.8) is 0 Å². The van der Waals surface area contributed by atoms with Crippen molar-refractivity contribution in [1.82, 2.24) is 0 Å². The van der Waals surface area contributed by atoms with E-state index in [2.05, 4.69) is 62.7 Å². The van der Waals surface area contributed by atoms with Gasteiger partial charge >= 0.3 is 192 Å². The SMILES string of the molecule is C/C(C#C[Se]c1cc2c(cc1OCc1ccccc1)C(C)(C)CCC2(C)C)=C\C(=O)O. The number of ether oxygens (including phenoxy) is 1. The van der Waals surface area contributed by atoms with E-state index in [-0.39, 0.29) is 25.8 Å². The van der Waals surface area contributed by atoms with Gasteiger partial charge in [0.05, 0.1) is 0 Å². The van der Waals surface area contributed by atoms with Gasteiger partial charge in [0.2, 0.25) is 0 Å². The molecular weight excluding hydrogens is 451 g/mol. The fourth-order valence-electron chi connectivity index (χ4n) is 3.88. The topological polar surface area (TPSA) is 46.5 Å². The summed E-state index contributed by atoms with van der Waals surface area (Å²) in [5.41, 5.74) is 4.65.